The van der Waals surface area contributed by atoms with Gasteiger partial charge in [0.15, 0.2) is 9.84 Å². The molecule has 0 aromatic heterocycles. The van der Waals surface area contributed by atoms with Crippen LogP contribution in [0.1, 0.15) is 17.5 Å². The third kappa shape index (κ3) is 2.90. The smallest absolute Gasteiger partial charge is 0.228 e. The van der Waals surface area contributed by atoms with Crippen molar-refractivity contribution in [3.63, 3.8) is 0 Å². The van der Waals surface area contributed by atoms with Gasteiger partial charge in [0.2, 0.25) is 5.91 Å². The zero-order chi connectivity index (χ0) is 13.3. The maximum absolute atomic E-state index is 11.9. The Morgan fingerprint density at radius 2 is 2.00 bits per heavy atom. The van der Waals surface area contributed by atoms with Crippen molar-refractivity contribution in [3.05, 3.63) is 29.3 Å². The van der Waals surface area contributed by atoms with Crippen LogP contribution >= 0.6 is 0 Å². The first-order chi connectivity index (χ1) is 8.37. The average molecular weight is 267 g/mol. The van der Waals surface area contributed by atoms with Gasteiger partial charge >= 0.3 is 0 Å². The van der Waals surface area contributed by atoms with Gasteiger partial charge in [0.1, 0.15) is 0 Å². The lowest BCUT2D eigenvalue weighted by Crippen LogP contribution is -2.23. The standard InChI is InChI=1S/C13H17NO3S/c1-9-3-4-12(7-10(9)2)14-13(15)11-5-6-18(16,17)8-11/h3-4,7,11H,5-6,8H2,1-2H3,(H,14,15)/t11-/m1/s1. The van der Waals surface area contributed by atoms with Crippen LogP contribution in [0.2, 0.25) is 0 Å². The van der Waals surface area contributed by atoms with Gasteiger partial charge in [-0.05, 0) is 43.5 Å². The zero-order valence-electron chi connectivity index (χ0n) is 10.6. The summed E-state index contributed by atoms with van der Waals surface area (Å²) in [5.74, 6) is -0.502. The second kappa shape index (κ2) is 4.72. The first-order valence-corrected chi connectivity index (χ1v) is 7.78. The van der Waals surface area contributed by atoms with E-state index in [4.69, 9.17) is 0 Å². The highest BCUT2D eigenvalue weighted by Crippen LogP contribution is 2.21. The fourth-order valence-electron chi connectivity index (χ4n) is 2.07. The summed E-state index contributed by atoms with van der Waals surface area (Å²) in [6, 6.07) is 5.68. The Hall–Kier alpha value is -1.36. The number of benzene rings is 1. The highest BCUT2D eigenvalue weighted by Gasteiger charge is 2.32. The minimum Gasteiger partial charge on any atom is -0.326 e. The van der Waals surface area contributed by atoms with Crippen LogP contribution in [0.15, 0.2) is 18.2 Å². The molecule has 0 spiro atoms. The zero-order valence-corrected chi connectivity index (χ0v) is 11.4. The minimum atomic E-state index is -3.01. The third-order valence-corrected chi connectivity index (χ3v) is 5.15. The van der Waals surface area contributed by atoms with Crippen LogP contribution < -0.4 is 5.32 Å². The van der Waals surface area contributed by atoms with Crippen molar-refractivity contribution in [1.29, 1.82) is 0 Å². The van der Waals surface area contributed by atoms with E-state index in [-0.39, 0.29) is 17.4 Å². The number of sulfone groups is 1. The van der Waals surface area contributed by atoms with Gasteiger partial charge in [-0.2, -0.15) is 0 Å². The predicted molar refractivity (Wildman–Crippen MR) is 71.3 cm³/mol. The van der Waals surface area contributed by atoms with E-state index in [1.807, 2.05) is 32.0 Å². The Morgan fingerprint density at radius 3 is 2.56 bits per heavy atom. The number of amides is 1. The Kier molecular flexibility index (Phi) is 3.43. The fraction of sp³-hybridized carbons (Fsp3) is 0.462. The number of hydrogen-bond acceptors (Lipinski definition) is 3. The van der Waals surface area contributed by atoms with Crippen LogP contribution in [-0.4, -0.2) is 25.8 Å². The van der Waals surface area contributed by atoms with E-state index in [1.165, 1.54) is 0 Å². The highest BCUT2D eigenvalue weighted by molar-refractivity contribution is 7.91. The summed E-state index contributed by atoms with van der Waals surface area (Å²) < 4.78 is 22.6. The van der Waals surface area contributed by atoms with Gasteiger partial charge in [0.05, 0.1) is 17.4 Å². The van der Waals surface area contributed by atoms with Gasteiger partial charge in [-0.3, -0.25) is 4.79 Å². The molecule has 4 nitrogen and oxygen atoms in total. The van der Waals surface area contributed by atoms with Crippen molar-refractivity contribution in [2.45, 2.75) is 20.3 Å². The second-order valence-electron chi connectivity index (χ2n) is 4.89. The second-order valence-corrected chi connectivity index (χ2v) is 7.12. The molecule has 18 heavy (non-hydrogen) atoms. The molecule has 0 saturated carbocycles. The Labute approximate surface area is 107 Å². The van der Waals surface area contributed by atoms with Crippen molar-refractivity contribution in [2.75, 3.05) is 16.8 Å². The van der Waals surface area contributed by atoms with E-state index < -0.39 is 15.8 Å². The first kappa shape index (κ1) is 13.1. The van der Waals surface area contributed by atoms with E-state index in [0.717, 1.165) is 16.8 Å². The van der Waals surface area contributed by atoms with Crippen molar-refractivity contribution < 1.29 is 13.2 Å². The van der Waals surface area contributed by atoms with Gasteiger partial charge in [0.25, 0.3) is 0 Å². The molecule has 0 bridgehead atoms. The molecule has 1 atom stereocenters. The van der Waals surface area contributed by atoms with E-state index in [9.17, 15) is 13.2 Å². The maximum Gasteiger partial charge on any atom is 0.228 e. The lowest BCUT2D eigenvalue weighted by molar-refractivity contribution is -0.119. The van der Waals surface area contributed by atoms with Gasteiger partial charge in [-0.1, -0.05) is 6.07 Å². The molecule has 0 radical (unpaired) electrons. The molecule has 1 amide bonds. The van der Waals surface area contributed by atoms with Crippen LogP contribution in [0.5, 0.6) is 0 Å². The van der Waals surface area contributed by atoms with E-state index in [1.54, 1.807) is 0 Å². The summed E-state index contributed by atoms with van der Waals surface area (Å²) >= 11 is 0. The van der Waals surface area contributed by atoms with Gasteiger partial charge < -0.3 is 5.32 Å². The quantitative estimate of drug-likeness (QED) is 0.886. The number of aryl methyl sites for hydroxylation is 2. The fourth-order valence-corrected chi connectivity index (χ4v) is 3.81. The van der Waals surface area contributed by atoms with Crippen LogP contribution in [0.3, 0.4) is 0 Å². The maximum atomic E-state index is 11.9. The molecule has 1 saturated heterocycles. The third-order valence-electron chi connectivity index (χ3n) is 3.38. The minimum absolute atomic E-state index is 0.0241. The first-order valence-electron chi connectivity index (χ1n) is 5.96. The lowest BCUT2D eigenvalue weighted by atomic mass is 10.1. The molecule has 1 aliphatic heterocycles. The molecule has 1 aromatic carbocycles. The summed E-state index contributed by atoms with van der Waals surface area (Å²) in [5, 5.41) is 2.79. The van der Waals surface area contributed by atoms with Crippen LogP contribution in [0, 0.1) is 19.8 Å². The van der Waals surface area contributed by atoms with Gasteiger partial charge in [-0.25, -0.2) is 8.42 Å². The molecule has 0 unspecified atom stereocenters. The van der Waals surface area contributed by atoms with E-state index in [0.29, 0.717) is 6.42 Å². The number of hydrogen-bond donors (Lipinski definition) is 1. The molecule has 1 aliphatic rings. The topological polar surface area (TPSA) is 63.2 Å². The Balaban J connectivity index is 2.06. The number of carbonyl (C=O) groups excluding carboxylic acids is 1. The summed E-state index contributed by atoms with van der Waals surface area (Å²) in [6.45, 7) is 3.98. The predicted octanol–water partition coefficient (Wildman–Crippen LogP) is 1.68. The summed E-state index contributed by atoms with van der Waals surface area (Å²) in [7, 11) is -3.01. The highest BCUT2D eigenvalue weighted by atomic mass is 32.2. The lowest BCUT2D eigenvalue weighted by Gasteiger charge is -2.10. The summed E-state index contributed by atoms with van der Waals surface area (Å²) in [5.41, 5.74) is 3.00. The Morgan fingerprint density at radius 1 is 1.28 bits per heavy atom. The molecule has 5 heteroatoms. The van der Waals surface area contributed by atoms with E-state index in [2.05, 4.69) is 5.32 Å². The van der Waals surface area contributed by atoms with Gasteiger partial charge in [-0.15, -0.1) is 0 Å². The number of anilines is 1. The van der Waals surface area contributed by atoms with Gasteiger partial charge in [0, 0.05) is 5.69 Å². The van der Waals surface area contributed by atoms with Crippen molar-refractivity contribution in [2.24, 2.45) is 5.92 Å². The molecule has 1 heterocycles. The number of rotatable bonds is 2. The molecule has 1 aromatic rings. The van der Waals surface area contributed by atoms with Crippen molar-refractivity contribution in [3.8, 4) is 0 Å². The SMILES string of the molecule is Cc1ccc(NC(=O)[C@@H]2CCS(=O)(=O)C2)cc1C. The molecular formula is C13H17NO3S. The molecular weight excluding hydrogens is 250 g/mol. The van der Waals surface area contributed by atoms with Crippen LogP contribution in [0.4, 0.5) is 5.69 Å². The summed E-state index contributed by atoms with van der Waals surface area (Å²) in [4.78, 5) is 11.9. The van der Waals surface area contributed by atoms with Crippen molar-refractivity contribution in [1.82, 2.24) is 0 Å². The normalized spacial score (nSPS) is 21.8. The molecule has 1 fully saturated rings. The van der Waals surface area contributed by atoms with E-state index >= 15 is 0 Å². The summed E-state index contributed by atoms with van der Waals surface area (Å²) in [6.07, 6.45) is 0.430. The van der Waals surface area contributed by atoms with Crippen LogP contribution in [-0.2, 0) is 14.6 Å². The molecule has 1 N–H and O–H groups in total. The molecule has 2 rings (SSSR count). The largest absolute Gasteiger partial charge is 0.326 e. The molecule has 98 valence electrons. The monoisotopic (exact) mass is 267 g/mol. The Bertz CT molecular complexity index is 578. The van der Waals surface area contributed by atoms with Crippen molar-refractivity contribution >= 4 is 21.4 Å². The number of carbonyl (C=O) groups is 1. The van der Waals surface area contributed by atoms with Crippen LogP contribution in [0.25, 0.3) is 0 Å². The number of nitrogens with one attached hydrogen (secondary N) is 1. The molecule has 0 aliphatic carbocycles. The average Bonchev–Trinajstić information content (AvgIpc) is 2.64.